The van der Waals surface area contributed by atoms with Gasteiger partial charge in [-0.05, 0) is 18.1 Å². The van der Waals surface area contributed by atoms with E-state index in [1.54, 1.807) is 21.9 Å². The first kappa shape index (κ1) is 16.7. The zero-order valence-corrected chi connectivity index (χ0v) is 14.3. The molecule has 1 aromatic carbocycles. The molecule has 2 aromatic heterocycles. The van der Waals surface area contributed by atoms with E-state index in [1.165, 1.54) is 6.33 Å². The van der Waals surface area contributed by atoms with Gasteiger partial charge in [-0.1, -0.05) is 24.3 Å². The smallest absolute Gasteiger partial charge is 0.315 e. The fourth-order valence-electron chi connectivity index (χ4n) is 2.54. The predicted molar refractivity (Wildman–Crippen MR) is 92.6 cm³/mol. The van der Waals surface area contributed by atoms with E-state index < -0.39 is 0 Å². The fourth-order valence-corrected chi connectivity index (χ4v) is 2.54. The number of nitrogens with one attached hydrogen (secondary N) is 2. The van der Waals surface area contributed by atoms with Crippen molar-refractivity contribution in [3.63, 3.8) is 0 Å². The summed E-state index contributed by atoms with van der Waals surface area (Å²) in [5.41, 5.74) is 3.10. The molecule has 0 saturated heterocycles. The van der Waals surface area contributed by atoms with Crippen LogP contribution < -0.4 is 10.6 Å². The van der Waals surface area contributed by atoms with Gasteiger partial charge in [0.15, 0.2) is 0 Å². The largest absolute Gasteiger partial charge is 0.334 e. The Bertz CT molecular complexity index is 825. The Labute approximate surface area is 145 Å². The van der Waals surface area contributed by atoms with Gasteiger partial charge in [0.1, 0.15) is 12.7 Å². The van der Waals surface area contributed by atoms with Gasteiger partial charge in [0, 0.05) is 25.4 Å². The summed E-state index contributed by atoms with van der Waals surface area (Å²) in [4.78, 5) is 16.1. The molecular weight excluding hydrogens is 318 g/mol. The van der Waals surface area contributed by atoms with Crippen LogP contribution in [0.2, 0.25) is 0 Å². The van der Waals surface area contributed by atoms with Crippen molar-refractivity contribution >= 4 is 6.03 Å². The molecule has 3 rings (SSSR count). The van der Waals surface area contributed by atoms with Crippen molar-refractivity contribution < 1.29 is 4.79 Å². The molecule has 0 saturated carbocycles. The zero-order valence-electron chi connectivity index (χ0n) is 14.3. The van der Waals surface area contributed by atoms with Crippen LogP contribution in [0.5, 0.6) is 0 Å². The average molecular weight is 339 g/mol. The number of rotatable bonds is 6. The van der Waals surface area contributed by atoms with Crippen molar-refractivity contribution in [2.24, 2.45) is 7.05 Å². The van der Waals surface area contributed by atoms with E-state index in [-0.39, 0.29) is 12.1 Å². The molecule has 1 atom stereocenters. The summed E-state index contributed by atoms with van der Waals surface area (Å²) in [6, 6.07) is 7.62. The molecule has 0 aliphatic heterocycles. The monoisotopic (exact) mass is 339 g/mol. The van der Waals surface area contributed by atoms with Gasteiger partial charge >= 0.3 is 6.03 Å². The number of urea groups is 1. The second-order valence-electron chi connectivity index (χ2n) is 5.86. The first-order chi connectivity index (χ1) is 12.1. The van der Waals surface area contributed by atoms with Gasteiger partial charge in [0.05, 0.1) is 18.8 Å². The number of aromatic nitrogens is 5. The quantitative estimate of drug-likeness (QED) is 0.714. The molecule has 0 bridgehead atoms. The van der Waals surface area contributed by atoms with Gasteiger partial charge in [-0.2, -0.15) is 10.2 Å². The molecule has 0 aliphatic rings. The third-order valence-electron chi connectivity index (χ3n) is 3.93. The molecular formula is C17H21N7O. The van der Waals surface area contributed by atoms with Crippen LogP contribution >= 0.6 is 0 Å². The Kier molecular flexibility index (Phi) is 5.08. The third kappa shape index (κ3) is 4.43. The van der Waals surface area contributed by atoms with E-state index in [2.05, 4.69) is 25.8 Å². The minimum atomic E-state index is -0.216. The van der Waals surface area contributed by atoms with E-state index >= 15 is 0 Å². The number of carbonyl (C=O) groups excluding carboxylic acids is 1. The van der Waals surface area contributed by atoms with Crippen LogP contribution in [0, 0.1) is 0 Å². The Balaban J connectivity index is 1.57. The maximum absolute atomic E-state index is 12.2. The van der Waals surface area contributed by atoms with Crippen molar-refractivity contribution in [2.45, 2.75) is 26.1 Å². The highest BCUT2D eigenvalue weighted by molar-refractivity contribution is 5.74. The molecule has 0 fully saturated rings. The molecule has 3 aromatic rings. The summed E-state index contributed by atoms with van der Waals surface area (Å²) in [5.74, 6) is 0. The maximum Gasteiger partial charge on any atom is 0.315 e. The summed E-state index contributed by atoms with van der Waals surface area (Å²) < 4.78 is 3.47. The lowest BCUT2D eigenvalue weighted by atomic mass is 10.1. The first-order valence-corrected chi connectivity index (χ1v) is 8.04. The number of amides is 2. The van der Waals surface area contributed by atoms with Crippen LogP contribution in [-0.2, 0) is 20.1 Å². The van der Waals surface area contributed by atoms with Gasteiger partial charge < -0.3 is 10.6 Å². The Morgan fingerprint density at radius 3 is 2.72 bits per heavy atom. The number of hydrogen-bond acceptors (Lipinski definition) is 4. The second-order valence-corrected chi connectivity index (χ2v) is 5.86. The summed E-state index contributed by atoms with van der Waals surface area (Å²) in [6.45, 7) is 2.98. The highest BCUT2D eigenvalue weighted by Crippen LogP contribution is 2.11. The third-order valence-corrected chi connectivity index (χ3v) is 3.93. The number of benzene rings is 1. The molecule has 1 unspecified atom stereocenters. The van der Waals surface area contributed by atoms with E-state index in [0.29, 0.717) is 13.1 Å². The van der Waals surface area contributed by atoms with Crippen molar-refractivity contribution in [3.8, 4) is 0 Å². The van der Waals surface area contributed by atoms with Gasteiger partial charge in [-0.25, -0.2) is 14.5 Å². The van der Waals surface area contributed by atoms with E-state index in [0.717, 1.165) is 16.7 Å². The zero-order chi connectivity index (χ0) is 17.6. The van der Waals surface area contributed by atoms with Gasteiger partial charge in [-0.15, -0.1) is 0 Å². The maximum atomic E-state index is 12.2. The predicted octanol–water partition coefficient (Wildman–Crippen LogP) is 1.62. The van der Waals surface area contributed by atoms with Crippen LogP contribution in [-0.4, -0.2) is 30.6 Å². The lowest BCUT2D eigenvalue weighted by molar-refractivity contribution is 0.237. The average Bonchev–Trinajstić information content (AvgIpc) is 3.26. The molecule has 130 valence electrons. The second kappa shape index (κ2) is 7.61. The lowest BCUT2D eigenvalue weighted by Crippen LogP contribution is -2.36. The number of aryl methyl sites for hydroxylation is 1. The van der Waals surface area contributed by atoms with Gasteiger partial charge in [0.25, 0.3) is 0 Å². The van der Waals surface area contributed by atoms with Crippen molar-refractivity contribution in [1.82, 2.24) is 35.2 Å². The molecule has 0 radical (unpaired) electrons. The van der Waals surface area contributed by atoms with Crippen molar-refractivity contribution in [2.75, 3.05) is 0 Å². The standard InChI is InChI=1S/C17H21N7O/c1-13(16-8-20-23(2)9-16)22-17(25)19-7-14-5-3-4-6-15(14)10-24-12-18-11-21-24/h3-6,8-9,11-13H,7,10H2,1-2H3,(H2,19,22,25). The summed E-state index contributed by atoms with van der Waals surface area (Å²) in [7, 11) is 1.85. The summed E-state index contributed by atoms with van der Waals surface area (Å²) in [5, 5.41) is 14.1. The normalized spacial score (nSPS) is 11.9. The minimum absolute atomic E-state index is 0.112. The van der Waals surface area contributed by atoms with Crippen LogP contribution in [0.1, 0.15) is 29.7 Å². The number of hydrogen-bond donors (Lipinski definition) is 2. The lowest BCUT2D eigenvalue weighted by Gasteiger charge is -2.14. The van der Waals surface area contributed by atoms with E-state index in [1.807, 2.05) is 44.4 Å². The molecule has 2 amide bonds. The van der Waals surface area contributed by atoms with Crippen LogP contribution in [0.3, 0.4) is 0 Å². The molecule has 0 aliphatic carbocycles. The molecule has 2 heterocycles. The minimum Gasteiger partial charge on any atom is -0.334 e. The number of carbonyl (C=O) groups is 1. The van der Waals surface area contributed by atoms with Crippen molar-refractivity contribution in [1.29, 1.82) is 0 Å². The summed E-state index contributed by atoms with van der Waals surface area (Å²) >= 11 is 0. The highest BCUT2D eigenvalue weighted by atomic mass is 16.2. The molecule has 8 heteroatoms. The van der Waals surface area contributed by atoms with E-state index in [9.17, 15) is 4.79 Å². The fraction of sp³-hybridized carbons (Fsp3) is 0.294. The first-order valence-electron chi connectivity index (χ1n) is 8.04. The highest BCUT2D eigenvalue weighted by Gasteiger charge is 2.11. The van der Waals surface area contributed by atoms with Crippen molar-refractivity contribution in [3.05, 3.63) is 66.0 Å². The topological polar surface area (TPSA) is 89.7 Å². The Morgan fingerprint density at radius 2 is 2.04 bits per heavy atom. The number of nitrogens with zero attached hydrogens (tertiary/aromatic N) is 5. The van der Waals surface area contributed by atoms with E-state index in [4.69, 9.17) is 0 Å². The summed E-state index contributed by atoms with van der Waals surface area (Å²) in [6.07, 6.45) is 6.82. The Hall–Kier alpha value is -3.16. The molecule has 25 heavy (non-hydrogen) atoms. The molecule has 0 spiro atoms. The van der Waals surface area contributed by atoms with Crippen LogP contribution in [0.25, 0.3) is 0 Å². The van der Waals surface area contributed by atoms with Crippen LogP contribution in [0.4, 0.5) is 4.79 Å². The van der Waals surface area contributed by atoms with Crippen LogP contribution in [0.15, 0.2) is 49.3 Å². The Morgan fingerprint density at radius 1 is 1.24 bits per heavy atom. The van der Waals surface area contributed by atoms with Gasteiger partial charge in [-0.3, -0.25) is 4.68 Å². The molecule has 2 N–H and O–H groups in total. The molecule has 8 nitrogen and oxygen atoms in total. The van der Waals surface area contributed by atoms with Gasteiger partial charge in [0.2, 0.25) is 0 Å². The SMILES string of the molecule is CC(NC(=O)NCc1ccccc1Cn1cncn1)c1cnn(C)c1.